The van der Waals surface area contributed by atoms with Gasteiger partial charge in [0.2, 0.25) is 10.0 Å². The summed E-state index contributed by atoms with van der Waals surface area (Å²) in [5.41, 5.74) is 0. The molecule has 1 aliphatic rings. The summed E-state index contributed by atoms with van der Waals surface area (Å²) in [6.45, 7) is 4.70. The number of hydrogen-bond acceptors (Lipinski definition) is 2. The highest BCUT2D eigenvalue weighted by Crippen LogP contribution is 2.33. The predicted molar refractivity (Wildman–Crippen MR) is 92.8 cm³/mol. The molecule has 0 heterocycles. The van der Waals surface area contributed by atoms with Gasteiger partial charge in [-0.2, -0.15) is 4.31 Å². The molecule has 118 valence electrons. The van der Waals surface area contributed by atoms with Crippen molar-refractivity contribution in [1.29, 1.82) is 0 Å². The minimum Gasteiger partial charge on any atom is -0.207 e. The molecule has 0 amide bonds. The van der Waals surface area contributed by atoms with Gasteiger partial charge in [-0.05, 0) is 52.9 Å². The highest BCUT2D eigenvalue weighted by molar-refractivity contribution is 9.11. The lowest BCUT2D eigenvalue weighted by molar-refractivity contribution is 0.292. The molecule has 0 N–H and O–H groups in total. The highest BCUT2D eigenvalue weighted by atomic mass is 79.9. The van der Waals surface area contributed by atoms with Crippen molar-refractivity contribution in [2.45, 2.75) is 50.5 Å². The topological polar surface area (TPSA) is 37.4 Å². The van der Waals surface area contributed by atoms with Crippen LogP contribution < -0.4 is 0 Å². The molecule has 0 unspecified atom stereocenters. The van der Waals surface area contributed by atoms with Crippen molar-refractivity contribution < 1.29 is 8.42 Å². The average Bonchev–Trinajstić information content (AvgIpc) is 2.92. The Kier molecular flexibility index (Phi) is 5.91. The Labute approximate surface area is 144 Å². The van der Waals surface area contributed by atoms with Gasteiger partial charge in [0.1, 0.15) is 0 Å². The quantitative estimate of drug-likeness (QED) is 0.661. The van der Waals surface area contributed by atoms with Crippen LogP contribution in [0.3, 0.4) is 0 Å². The molecule has 0 saturated heterocycles. The van der Waals surface area contributed by atoms with Crippen molar-refractivity contribution in [2.75, 3.05) is 6.54 Å². The third kappa shape index (κ3) is 4.09. The monoisotopic (exact) mass is 437 g/mol. The first-order valence-corrected chi connectivity index (χ1v) is 10.3. The van der Waals surface area contributed by atoms with E-state index in [0.29, 0.717) is 21.8 Å². The Balaban J connectivity index is 2.43. The molecular formula is C15H21Br2NO2S. The standard InChI is InChI=1S/C15H21Br2NO2S/c1-11(2)10-18(13-5-3-4-6-13)21(19,20)15-9-12(16)7-8-14(15)17/h7-9,11,13H,3-6,10H2,1-2H3. The zero-order valence-corrected chi connectivity index (χ0v) is 16.3. The number of benzene rings is 1. The molecule has 2 rings (SSSR count). The molecule has 1 fully saturated rings. The Morgan fingerprint density at radius 3 is 2.43 bits per heavy atom. The van der Waals surface area contributed by atoms with E-state index in [0.717, 1.165) is 30.2 Å². The third-order valence-electron chi connectivity index (χ3n) is 3.76. The molecule has 1 aliphatic carbocycles. The molecule has 1 saturated carbocycles. The van der Waals surface area contributed by atoms with Crippen LogP contribution in [0, 0.1) is 5.92 Å². The van der Waals surface area contributed by atoms with Gasteiger partial charge in [0, 0.05) is 21.5 Å². The van der Waals surface area contributed by atoms with Gasteiger partial charge in [-0.15, -0.1) is 0 Å². The largest absolute Gasteiger partial charge is 0.244 e. The lowest BCUT2D eigenvalue weighted by Crippen LogP contribution is -2.41. The molecule has 0 atom stereocenters. The van der Waals surface area contributed by atoms with Crippen LogP contribution in [0.5, 0.6) is 0 Å². The minimum atomic E-state index is -3.48. The van der Waals surface area contributed by atoms with Crippen molar-refractivity contribution in [1.82, 2.24) is 4.31 Å². The van der Waals surface area contributed by atoms with Crippen LogP contribution in [0.25, 0.3) is 0 Å². The van der Waals surface area contributed by atoms with Crippen molar-refractivity contribution in [3.8, 4) is 0 Å². The molecule has 0 bridgehead atoms. The number of nitrogens with zero attached hydrogens (tertiary/aromatic N) is 1. The highest BCUT2D eigenvalue weighted by Gasteiger charge is 2.34. The second-order valence-electron chi connectivity index (χ2n) is 5.98. The van der Waals surface area contributed by atoms with Gasteiger partial charge in [-0.25, -0.2) is 8.42 Å². The van der Waals surface area contributed by atoms with Crippen LogP contribution >= 0.6 is 31.9 Å². The molecule has 1 aromatic rings. The summed E-state index contributed by atoms with van der Waals surface area (Å²) < 4.78 is 29.3. The maximum Gasteiger partial charge on any atom is 0.244 e. The van der Waals surface area contributed by atoms with Crippen molar-refractivity contribution in [2.24, 2.45) is 5.92 Å². The molecule has 6 heteroatoms. The molecule has 21 heavy (non-hydrogen) atoms. The maximum absolute atomic E-state index is 13.1. The lowest BCUT2D eigenvalue weighted by atomic mass is 10.2. The van der Waals surface area contributed by atoms with Crippen LogP contribution in [0.2, 0.25) is 0 Å². The van der Waals surface area contributed by atoms with Gasteiger partial charge >= 0.3 is 0 Å². The fourth-order valence-electron chi connectivity index (χ4n) is 2.80. The normalized spacial score (nSPS) is 17.0. The Morgan fingerprint density at radius 2 is 1.86 bits per heavy atom. The van der Waals surface area contributed by atoms with Gasteiger partial charge in [0.25, 0.3) is 0 Å². The zero-order valence-electron chi connectivity index (χ0n) is 12.4. The van der Waals surface area contributed by atoms with E-state index in [1.165, 1.54) is 0 Å². The Hall–Kier alpha value is 0.0900. The van der Waals surface area contributed by atoms with Crippen molar-refractivity contribution in [3.05, 3.63) is 27.1 Å². The molecule has 1 aromatic carbocycles. The van der Waals surface area contributed by atoms with E-state index in [2.05, 4.69) is 45.7 Å². The number of sulfonamides is 1. The average molecular weight is 439 g/mol. The summed E-state index contributed by atoms with van der Waals surface area (Å²) in [5, 5.41) is 0. The van der Waals surface area contributed by atoms with E-state index in [4.69, 9.17) is 0 Å². The first-order chi connectivity index (χ1) is 9.82. The predicted octanol–water partition coefficient (Wildman–Crippen LogP) is 4.80. The molecule has 0 aromatic heterocycles. The van der Waals surface area contributed by atoms with E-state index in [-0.39, 0.29) is 6.04 Å². The van der Waals surface area contributed by atoms with Crippen LogP contribution in [0.15, 0.2) is 32.0 Å². The molecule has 3 nitrogen and oxygen atoms in total. The summed E-state index contributed by atoms with van der Waals surface area (Å²) in [6.07, 6.45) is 4.18. The lowest BCUT2D eigenvalue weighted by Gasteiger charge is -2.30. The molecule has 0 radical (unpaired) electrons. The van der Waals surface area contributed by atoms with E-state index < -0.39 is 10.0 Å². The number of hydrogen-bond donors (Lipinski definition) is 0. The van der Waals surface area contributed by atoms with Gasteiger partial charge in [0.15, 0.2) is 0 Å². The van der Waals surface area contributed by atoms with Gasteiger partial charge in [-0.3, -0.25) is 0 Å². The van der Waals surface area contributed by atoms with Crippen LogP contribution in [-0.4, -0.2) is 25.3 Å². The fraction of sp³-hybridized carbons (Fsp3) is 0.600. The molecule has 0 aliphatic heterocycles. The number of halogens is 2. The minimum absolute atomic E-state index is 0.142. The molecular weight excluding hydrogens is 418 g/mol. The smallest absolute Gasteiger partial charge is 0.207 e. The van der Waals surface area contributed by atoms with Gasteiger partial charge < -0.3 is 0 Å². The molecule has 0 spiro atoms. The first-order valence-electron chi connectivity index (χ1n) is 7.29. The van der Waals surface area contributed by atoms with Crippen LogP contribution in [-0.2, 0) is 10.0 Å². The first kappa shape index (κ1) is 17.4. The van der Waals surface area contributed by atoms with Crippen LogP contribution in [0.4, 0.5) is 0 Å². The van der Waals surface area contributed by atoms with E-state index >= 15 is 0 Å². The van der Waals surface area contributed by atoms with Crippen molar-refractivity contribution in [3.63, 3.8) is 0 Å². The van der Waals surface area contributed by atoms with E-state index in [1.54, 1.807) is 16.4 Å². The summed E-state index contributed by atoms with van der Waals surface area (Å²) in [6, 6.07) is 5.44. The Morgan fingerprint density at radius 1 is 1.24 bits per heavy atom. The van der Waals surface area contributed by atoms with Crippen LogP contribution in [0.1, 0.15) is 39.5 Å². The second kappa shape index (κ2) is 7.11. The second-order valence-corrected chi connectivity index (χ2v) is 9.61. The van der Waals surface area contributed by atoms with Crippen molar-refractivity contribution >= 4 is 41.9 Å². The zero-order chi connectivity index (χ0) is 15.6. The summed E-state index contributed by atoms with van der Waals surface area (Å²) in [5.74, 6) is 0.311. The Bertz CT molecular complexity index is 596. The SMILES string of the molecule is CC(C)CN(C1CCCC1)S(=O)(=O)c1cc(Br)ccc1Br. The number of rotatable bonds is 5. The summed E-state index contributed by atoms with van der Waals surface area (Å²) >= 11 is 6.75. The summed E-state index contributed by atoms with van der Waals surface area (Å²) in [7, 11) is -3.48. The van der Waals surface area contributed by atoms with Gasteiger partial charge in [-0.1, -0.05) is 42.6 Å². The summed E-state index contributed by atoms with van der Waals surface area (Å²) in [4.78, 5) is 0.351. The maximum atomic E-state index is 13.1. The fourth-order valence-corrected chi connectivity index (χ4v) is 6.11. The van der Waals surface area contributed by atoms with E-state index in [9.17, 15) is 8.42 Å². The van der Waals surface area contributed by atoms with E-state index in [1.807, 2.05) is 6.07 Å². The van der Waals surface area contributed by atoms with Gasteiger partial charge in [0.05, 0.1) is 4.90 Å². The third-order valence-corrected chi connectivity index (χ3v) is 7.16.